The molecule has 1 amide bonds. The van der Waals surface area contributed by atoms with Gasteiger partial charge in [-0.15, -0.1) is 0 Å². The van der Waals surface area contributed by atoms with E-state index in [4.69, 9.17) is 5.73 Å². The van der Waals surface area contributed by atoms with Gasteiger partial charge >= 0.3 is 0 Å². The summed E-state index contributed by atoms with van der Waals surface area (Å²) in [4.78, 5) is 14.1. The molecule has 19 heavy (non-hydrogen) atoms. The Morgan fingerprint density at radius 1 is 1.26 bits per heavy atom. The highest BCUT2D eigenvalue weighted by atomic mass is 16.2. The lowest BCUT2D eigenvalue weighted by Crippen LogP contribution is -2.32. The topological polar surface area (TPSA) is 46.3 Å². The van der Waals surface area contributed by atoms with Crippen LogP contribution in [0.4, 0.5) is 5.69 Å². The summed E-state index contributed by atoms with van der Waals surface area (Å²) in [6.07, 6.45) is 5.06. The van der Waals surface area contributed by atoms with Gasteiger partial charge in [-0.25, -0.2) is 0 Å². The smallest absolute Gasteiger partial charge is 0.222 e. The van der Waals surface area contributed by atoms with Crippen molar-refractivity contribution in [3.8, 4) is 0 Å². The predicted octanol–water partition coefficient (Wildman–Crippen LogP) is 2.85. The molecule has 3 nitrogen and oxygen atoms in total. The van der Waals surface area contributed by atoms with Gasteiger partial charge in [0.2, 0.25) is 5.91 Å². The normalized spacial score (nSPS) is 20.4. The third-order valence-electron chi connectivity index (χ3n) is 4.15. The summed E-state index contributed by atoms with van der Waals surface area (Å²) >= 11 is 0. The Balaban J connectivity index is 1.87. The Kier molecular flexibility index (Phi) is 4.83. The van der Waals surface area contributed by atoms with Crippen LogP contribution in [-0.4, -0.2) is 23.9 Å². The summed E-state index contributed by atoms with van der Waals surface area (Å²) < 4.78 is 0. The molecule has 104 valence electrons. The summed E-state index contributed by atoms with van der Waals surface area (Å²) in [7, 11) is 0. The second-order valence-electron chi connectivity index (χ2n) is 5.47. The highest BCUT2D eigenvalue weighted by Gasteiger charge is 2.20. The minimum Gasteiger partial charge on any atom is -0.399 e. The van der Waals surface area contributed by atoms with E-state index < -0.39 is 0 Å². The Morgan fingerprint density at radius 2 is 2.00 bits per heavy atom. The number of hydrogen-bond acceptors (Lipinski definition) is 2. The molecule has 0 aliphatic carbocycles. The van der Waals surface area contributed by atoms with Gasteiger partial charge < -0.3 is 10.6 Å². The summed E-state index contributed by atoms with van der Waals surface area (Å²) in [6, 6.07) is 7.94. The first-order valence-corrected chi connectivity index (χ1v) is 7.31. The Morgan fingerprint density at radius 3 is 2.68 bits per heavy atom. The molecule has 1 aromatic rings. The fraction of sp³-hybridized carbons (Fsp3) is 0.562. The van der Waals surface area contributed by atoms with Crippen molar-refractivity contribution in [3.05, 3.63) is 29.8 Å². The highest BCUT2D eigenvalue weighted by molar-refractivity contribution is 5.76. The molecule has 1 aliphatic rings. The number of carbonyl (C=O) groups is 1. The van der Waals surface area contributed by atoms with E-state index >= 15 is 0 Å². The first kappa shape index (κ1) is 13.9. The Bertz CT molecular complexity index is 413. The van der Waals surface area contributed by atoms with Crippen LogP contribution in [0.25, 0.3) is 0 Å². The molecule has 0 aromatic heterocycles. The number of nitrogen functional groups attached to an aromatic ring is 1. The van der Waals surface area contributed by atoms with Crippen molar-refractivity contribution < 1.29 is 4.79 Å². The Labute approximate surface area is 115 Å². The van der Waals surface area contributed by atoms with Crippen LogP contribution in [-0.2, 0) is 11.2 Å². The van der Waals surface area contributed by atoms with E-state index in [0.717, 1.165) is 50.4 Å². The molecule has 1 atom stereocenters. The number of hydrogen-bond donors (Lipinski definition) is 1. The highest BCUT2D eigenvalue weighted by Crippen LogP contribution is 2.21. The van der Waals surface area contributed by atoms with Crippen molar-refractivity contribution in [3.63, 3.8) is 0 Å². The van der Waals surface area contributed by atoms with Crippen LogP contribution in [0.5, 0.6) is 0 Å². The van der Waals surface area contributed by atoms with Crippen molar-refractivity contribution in [2.24, 2.45) is 5.92 Å². The van der Waals surface area contributed by atoms with E-state index in [1.165, 1.54) is 12.0 Å². The number of rotatable bonds is 4. The standard InChI is InChI=1S/C16H24N2O/c1-2-13-5-8-16(19)18(11-9-13)12-10-14-3-6-15(17)7-4-14/h3-4,6-7,13H,2,5,8-12,17H2,1H3. The van der Waals surface area contributed by atoms with Crippen LogP contribution >= 0.6 is 0 Å². The van der Waals surface area contributed by atoms with Crippen molar-refractivity contribution in [2.75, 3.05) is 18.8 Å². The number of benzene rings is 1. The second-order valence-corrected chi connectivity index (χ2v) is 5.47. The summed E-state index contributed by atoms with van der Waals surface area (Å²) in [5.41, 5.74) is 7.71. The average Bonchev–Trinajstić information content (AvgIpc) is 2.60. The van der Waals surface area contributed by atoms with Gasteiger partial charge in [0, 0.05) is 25.2 Å². The minimum absolute atomic E-state index is 0.325. The zero-order valence-electron chi connectivity index (χ0n) is 11.8. The summed E-state index contributed by atoms with van der Waals surface area (Å²) in [5.74, 6) is 1.05. The number of carbonyl (C=O) groups excluding carboxylic acids is 1. The molecule has 3 heteroatoms. The van der Waals surface area contributed by atoms with Gasteiger partial charge in [-0.1, -0.05) is 25.5 Å². The molecule has 0 radical (unpaired) electrons. The summed E-state index contributed by atoms with van der Waals surface area (Å²) in [6.45, 7) is 3.98. The quantitative estimate of drug-likeness (QED) is 0.846. The van der Waals surface area contributed by atoms with Crippen molar-refractivity contribution in [2.45, 2.75) is 39.0 Å². The van der Waals surface area contributed by atoms with Gasteiger partial charge in [-0.05, 0) is 42.9 Å². The molecule has 1 aliphatic heterocycles. The maximum Gasteiger partial charge on any atom is 0.222 e. The molecule has 2 rings (SSSR count). The number of amides is 1. The number of likely N-dealkylation sites (tertiary alicyclic amines) is 1. The fourth-order valence-corrected chi connectivity index (χ4v) is 2.69. The third kappa shape index (κ3) is 3.98. The first-order valence-electron chi connectivity index (χ1n) is 7.31. The zero-order chi connectivity index (χ0) is 13.7. The van der Waals surface area contributed by atoms with Gasteiger partial charge in [-0.2, -0.15) is 0 Å². The number of nitrogens with two attached hydrogens (primary N) is 1. The largest absolute Gasteiger partial charge is 0.399 e. The molecule has 1 fully saturated rings. The van der Waals surface area contributed by atoms with Crippen LogP contribution in [0, 0.1) is 5.92 Å². The number of anilines is 1. The van der Waals surface area contributed by atoms with E-state index in [0.29, 0.717) is 5.91 Å². The Hall–Kier alpha value is -1.51. The van der Waals surface area contributed by atoms with Crippen molar-refractivity contribution >= 4 is 11.6 Å². The van der Waals surface area contributed by atoms with E-state index in [-0.39, 0.29) is 0 Å². The third-order valence-corrected chi connectivity index (χ3v) is 4.15. The second kappa shape index (κ2) is 6.60. The monoisotopic (exact) mass is 260 g/mol. The van der Waals surface area contributed by atoms with Crippen molar-refractivity contribution in [1.82, 2.24) is 4.90 Å². The summed E-state index contributed by atoms with van der Waals surface area (Å²) in [5, 5.41) is 0. The van der Waals surface area contributed by atoms with E-state index in [1.54, 1.807) is 0 Å². The predicted molar refractivity (Wildman–Crippen MR) is 78.8 cm³/mol. The first-order chi connectivity index (χ1) is 9.19. The molecular formula is C16H24N2O. The van der Waals surface area contributed by atoms with Crippen LogP contribution < -0.4 is 5.73 Å². The molecule has 0 spiro atoms. The molecule has 1 unspecified atom stereocenters. The minimum atomic E-state index is 0.325. The van der Waals surface area contributed by atoms with E-state index in [1.807, 2.05) is 29.2 Å². The van der Waals surface area contributed by atoms with Crippen LogP contribution in [0.3, 0.4) is 0 Å². The molecule has 1 heterocycles. The van der Waals surface area contributed by atoms with Gasteiger partial charge in [0.15, 0.2) is 0 Å². The lowest BCUT2D eigenvalue weighted by molar-refractivity contribution is -0.130. The molecular weight excluding hydrogens is 236 g/mol. The van der Waals surface area contributed by atoms with Gasteiger partial charge in [0.1, 0.15) is 0 Å². The van der Waals surface area contributed by atoms with Crippen LogP contribution in [0.1, 0.15) is 38.2 Å². The fourth-order valence-electron chi connectivity index (χ4n) is 2.69. The maximum atomic E-state index is 12.1. The maximum absolute atomic E-state index is 12.1. The van der Waals surface area contributed by atoms with E-state index in [9.17, 15) is 4.79 Å². The van der Waals surface area contributed by atoms with Crippen molar-refractivity contribution in [1.29, 1.82) is 0 Å². The molecule has 1 aromatic carbocycles. The molecule has 2 N–H and O–H groups in total. The number of nitrogens with zero attached hydrogens (tertiary/aromatic N) is 1. The van der Waals surface area contributed by atoms with Gasteiger partial charge in [-0.3, -0.25) is 4.79 Å². The lowest BCUT2D eigenvalue weighted by Gasteiger charge is -2.20. The van der Waals surface area contributed by atoms with Crippen LogP contribution in [0.15, 0.2) is 24.3 Å². The van der Waals surface area contributed by atoms with Crippen LogP contribution in [0.2, 0.25) is 0 Å². The average molecular weight is 260 g/mol. The van der Waals surface area contributed by atoms with Gasteiger partial charge in [0.05, 0.1) is 0 Å². The molecule has 0 saturated carbocycles. The molecule has 1 saturated heterocycles. The lowest BCUT2D eigenvalue weighted by atomic mass is 9.98. The van der Waals surface area contributed by atoms with E-state index in [2.05, 4.69) is 6.92 Å². The zero-order valence-corrected chi connectivity index (χ0v) is 11.8. The SMILES string of the molecule is CCC1CCC(=O)N(CCc2ccc(N)cc2)CC1. The molecule has 0 bridgehead atoms. The van der Waals surface area contributed by atoms with Gasteiger partial charge in [0.25, 0.3) is 0 Å².